The molecule has 0 aromatic heterocycles. The first kappa shape index (κ1) is 16.9. The van der Waals surface area contributed by atoms with Crippen LogP contribution in [0.25, 0.3) is 4.85 Å². The highest BCUT2D eigenvalue weighted by Gasteiger charge is 2.45. The number of rotatable bonds is 4. The van der Waals surface area contributed by atoms with E-state index in [-0.39, 0.29) is 11.3 Å². The van der Waals surface area contributed by atoms with Crippen molar-refractivity contribution in [3.8, 4) is 0 Å². The maximum atomic E-state index is 12.6. The van der Waals surface area contributed by atoms with E-state index in [1.54, 1.807) is 0 Å². The second-order valence-electron chi connectivity index (χ2n) is 3.84. The minimum atomic E-state index is -5.15. The molecule has 6 nitrogen and oxygen atoms in total. The first-order valence-electron chi connectivity index (χ1n) is 5.23. The van der Waals surface area contributed by atoms with Gasteiger partial charge in [-0.25, -0.2) is 9.64 Å². The van der Waals surface area contributed by atoms with E-state index in [0.717, 1.165) is 12.1 Å². The molecule has 0 aliphatic heterocycles. The lowest BCUT2D eigenvalue weighted by molar-refractivity contribution is -0.197. The van der Waals surface area contributed by atoms with Crippen LogP contribution >= 0.6 is 0 Å². The standard InChI is InChI=1S/C11H8F3NO5S/c1-15-8-4-2-7(3-5-8)10(16)20-9(11(12,13)14)6-21(17,18)19/h2-5,9H,6H2,(H,17,18,19). The largest absolute Gasteiger partial charge is 0.448 e. The molecular formula is C11H8F3NO5S. The van der Waals surface area contributed by atoms with Gasteiger partial charge in [0, 0.05) is 0 Å². The zero-order valence-electron chi connectivity index (χ0n) is 10.2. The molecule has 0 saturated heterocycles. The van der Waals surface area contributed by atoms with Crippen molar-refractivity contribution < 1.29 is 35.7 Å². The Kier molecular flexibility index (Phi) is 4.93. The van der Waals surface area contributed by atoms with Gasteiger partial charge in [-0.15, -0.1) is 0 Å². The number of carbonyl (C=O) groups excluding carboxylic acids is 1. The molecule has 0 amide bonds. The summed E-state index contributed by atoms with van der Waals surface area (Å²) in [7, 11) is -4.98. The van der Waals surface area contributed by atoms with Crippen molar-refractivity contribution in [3.05, 3.63) is 41.2 Å². The van der Waals surface area contributed by atoms with Gasteiger partial charge >= 0.3 is 12.1 Å². The SMILES string of the molecule is [C-]#[N+]c1ccc(C(=O)OC(CS(=O)(=O)O)C(F)(F)F)cc1. The van der Waals surface area contributed by atoms with E-state index in [1.165, 1.54) is 12.1 Å². The number of hydrogen-bond acceptors (Lipinski definition) is 4. The van der Waals surface area contributed by atoms with Crippen LogP contribution in [0.3, 0.4) is 0 Å². The van der Waals surface area contributed by atoms with Crippen LogP contribution in [0, 0.1) is 6.57 Å². The summed E-state index contributed by atoms with van der Waals surface area (Å²) in [6, 6.07) is 4.51. The van der Waals surface area contributed by atoms with E-state index in [1.807, 2.05) is 0 Å². The average Bonchev–Trinajstić information content (AvgIpc) is 2.35. The molecule has 0 spiro atoms. The first-order valence-corrected chi connectivity index (χ1v) is 6.84. The molecule has 0 heterocycles. The molecule has 0 aliphatic rings. The number of hydrogen-bond donors (Lipinski definition) is 1. The van der Waals surface area contributed by atoms with Gasteiger partial charge < -0.3 is 4.74 Å². The molecule has 10 heteroatoms. The van der Waals surface area contributed by atoms with Crippen LogP contribution in [0.15, 0.2) is 24.3 Å². The molecule has 0 aliphatic carbocycles. The third-order valence-electron chi connectivity index (χ3n) is 2.21. The molecule has 0 radical (unpaired) electrons. The number of nitrogens with zero attached hydrogens (tertiary/aromatic N) is 1. The summed E-state index contributed by atoms with van der Waals surface area (Å²) in [4.78, 5) is 14.5. The summed E-state index contributed by atoms with van der Waals surface area (Å²) in [6.07, 6.45) is -8.14. The van der Waals surface area contributed by atoms with Gasteiger partial charge in [-0.05, 0) is 0 Å². The van der Waals surface area contributed by atoms with Crippen LogP contribution in [0.4, 0.5) is 18.9 Å². The summed E-state index contributed by atoms with van der Waals surface area (Å²) in [5.41, 5.74) is -0.121. The maximum Gasteiger partial charge on any atom is 0.426 e. The monoisotopic (exact) mass is 323 g/mol. The van der Waals surface area contributed by atoms with Crippen molar-refractivity contribution in [2.75, 3.05) is 5.75 Å². The Morgan fingerprint density at radius 1 is 1.33 bits per heavy atom. The van der Waals surface area contributed by atoms with Gasteiger partial charge in [-0.2, -0.15) is 21.6 Å². The lowest BCUT2D eigenvalue weighted by Crippen LogP contribution is -2.39. The summed E-state index contributed by atoms with van der Waals surface area (Å²) in [6.45, 7) is 6.68. The second-order valence-corrected chi connectivity index (χ2v) is 5.34. The fourth-order valence-corrected chi connectivity index (χ4v) is 1.90. The highest BCUT2D eigenvalue weighted by Crippen LogP contribution is 2.25. The van der Waals surface area contributed by atoms with Crippen LogP contribution in [0.1, 0.15) is 10.4 Å². The van der Waals surface area contributed by atoms with Gasteiger partial charge in [0.2, 0.25) is 6.10 Å². The summed E-state index contributed by atoms with van der Waals surface area (Å²) in [5.74, 6) is -3.21. The van der Waals surface area contributed by atoms with Gasteiger partial charge in [-0.1, -0.05) is 24.3 Å². The Morgan fingerprint density at radius 2 is 1.86 bits per heavy atom. The molecule has 0 saturated carbocycles. The van der Waals surface area contributed by atoms with E-state index < -0.39 is 34.1 Å². The Bertz CT molecular complexity index is 661. The Morgan fingerprint density at radius 3 is 2.24 bits per heavy atom. The lowest BCUT2D eigenvalue weighted by atomic mass is 10.2. The molecule has 0 fully saturated rings. The molecule has 1 atom stereocenters. The third kappa shape index (κ3) is 5.41. The van der Waals surface area contributed by atoms with Crippen molar-refractivity contribution in [1.82, 2.24) is 0 Å². The predicted molar refractivity (Wildman–Crippen MR) is 64.4 cm³/mol. The van der Waals surface area contributed by atoms with E-state index >= 15 is 0 Å². The van der Waals surface area contributed by atoms with Crippen LogP contribution in [0.5, 0.6) is 0 Å². The number of carbonyl (C=O) groups is 1. The van der Waals surface area contributed by atoms with Crippen molar-refractivity contribution in [1.29, 1.82) is 0 Å². The van der Waals surface area contributed by atoms with Gasteiger partial charge in [-0.3, -0.25) is 4.55 Å². The Labute approximate surface area is 117 Å². The quantitative estimate of drug-likeness (QED) is 0.522. The van der Waals surface area contributed by atoms with Crippen molar-refractivity contribution >= 4 is 21.8 Å². The van der Waals surface area contributed by atoms with Crippen molar-refractivity contribution in [2.45, 2.75) is 12.3 Å². The van der Waals surface area contributed by atoms with Crippen LogP contribution in [-0.2, 0) is 14.9 Å². The molecule has 114 valence electrons. The second kappa shape index (κ2) is 6.11. The smallest absolute Gasteiger partial charge is 0.426 e. The Hall–Kier alpha value is -2.12. The third-order valence-corrected chi connectivity index (χ3v) is 2.93. The first-order chi connectivity index (χ1) is 9.53. The topological polar surface area (TPSA) is 85.0 Å². The number of benzene rings is 1. The molecule has 21 heavy (non-hydrogen) atoms. The van der Waals surface area contributed by atoms with E-state index in [4.69, 9.17) is 11.1 Å². The van der Waals surface area contributed by atoms with E-state index in [9.17, 15) is 26.4 Å². The fraction of sp³-hybridized carbons (Fsp3) is 0.273. The molecule has 1 rings (SSSR count). The molecular weight excluding hydrogens is 315 g/mol. The highest BCUT2D eigenvalue weighted by atomic mass is 32.2. The normalized spacial score (nSPS) is 13.3. The average molecular weight is 323 g/mol. The number of ether oxygens (including phenoxy) is 1. The minimum absolute atomic E-state index is 0.164. The van der Waals surface area contributed by atoms with E-state index in [0.29, 0.717) is 0 Å². The molecule has 0 bridgehead atoms. The van der Waals surface area contributed by atoms with Crippen LogP contribution in [0.2, 0.25) is 0 Å². The van der Waals surface area contributed by atoms with Gasteiger partial charge in [0.1, 0.15) is 5.75 Å². The molecule has 1 aromatic carbocycles. The predicted octanol–water partition coefficient (Wildman–Crippen LogP) is 2.21. The minimum Gasteiger partial charge on any atom is -0.448 e. The maximum absolute atomic E-state index is 12.6. The summed E-state index contributed by atoms with van der Waals surface area (Å²) in [5, 5.41) is 0. The highest BCUT2D eigenvalue weighted by molar-refractivity contribution is 7.85. The van der Waals surface area contributed by atoms with Crippen molar-refractivity contribution in [3.63, 3.8) is 0 Å². The number of halogens is 3. The molecule has 1 unspecified atom stereocenters. The van der Waals surface area contributed by atoms with Gasteiger partial charge in [0.25, 0.3) is 10.1 Å². The lowest BCUT2D eigenvalue weighted by Gasteiger charge is -2.19. The Balaban J connectivity index is 2.92. The van der Waals surface area contributed by atoms with Crippen LogP contribution in [-0.4, -0.2) is 37.0 Å². The van der Waals surface area contributed by atoms with Gasteiger partial charge in [0.05, 0.1) is 12.1 Å². The van der Waals surface area contributed by atoms with Gasteiger partial charge in [0.15, 0.2) is 5.69 Å². The number of alkyl halides is 3. The zero-order chi connectivity index (χ0) is 16.3. The molecule has 1 N–H and O–H groups in total. The zero-order valence-corrected chi connectivity index (χ0v) is 11.0. The van der Waals surface area contributed by atoms with Crippen LogP contribution < -0.4 is 0 Å². The fourth-order valence-electron chi connectivity index (χ4n) is 1.26. The van der Waals surface area contributed by atoms with E-state index in [2.05, 4.69) is 9.58 Å². The summed E-state index contributed by atoms with van der Waals surface area (Å²) >= 11 is 0. The molecule has 1 aromatic rings. The van der Waals surface area contributed by atoms with Crippen molar-refractivity contribution in [2.24, 2.45) is 0 Å². The summed E-state index contributed by atoms with van der Waals surface area (Å²) < 4.78 is 71.2. The number of esters is 1.